The van der Waals surface area contributed by atoms with Crippen molar-refractivity contribution >= 4 is 17.4 Å². The fourth-order valence-electron chi connectivity index (χ4n) is 1.36. The summed E-state index contributed by atoms with van der Waals surface area (Å²) in [6.07, 6.45) is 0.793. The number of rotatable bonds is 7. The van der Waals surface area contributed by atoms with Crippen LogP contribution < -0.4 is 4.74 Å². The van der Waals surface area contributed by atoms with Crippen LogP contribution in [0.4, 0.5) is 5.69 Å². The first-order chi connectivity index (χ1) is 8.60. The second-order valence-corrected chi connectivity index (χ2v) is 5.30. The molecule has 0 aromatic heterocycles. The maximum atomic E-state index is 11.1. The Hall–Kier alpha value is -1.27. The summed E-state index contributed by atoms with van der Waals surface area (Å²) < 4.78 is 5.39. The zero-order chi connectivity index (χ0) is 13.5. The largest absolute Gasteiger partial charge is 0.487 e. The van der Waals surface area contributed by atoms with Crippen molar-refractivity contribution in [3.63, 3.8) is 0 Å². The minimum absolute atomic E-state index is 0.0174. The summed E-state index contributed by atoms with van der Waals surface area (Å²) in [7, 11) is 0. The van der Waals surface area contributed by atoms with Gasteiger partial charge in [-0.05, 0) is 18.6 Å². The highest BCUT2D eigenvalue weighted by Crippen LogP contribution is 2.38. The molecular formula is C12H17NO4S. The second kappa shape index (κ2) is 7.23. The van der Waals surface area contributed by atoms with E-state index in [9.17, 15) is 10.1 Å². The van der Waals surface area contributed by atoms with Gasteiger partial charge in [-0.15, -0.1) is 11.8 Å². The SMILES string of the molecule is CCCOc1cccc(SC(C)CO)c1[N+](=O)[O-]. The minimum Gasteiger partial charge on any atom is -0.487 e. The topological polar surface area (TPSA) is 72.6 Å². The number of para-hydroxylation sites is 1. The first-order valence-electron chi connectivity index (χ1n) is 5.77. The molecular weight excluding hydrogens is 254 g/mol. The molecule has 1 rings (SSSR count). The molecule has 0 saturated heterocycles. The van der Waals surface area contributed by atoms with Crippen LogP contribution in [0.5, 0.6) is 5.75 Å². The van der Waals surface area contributed by atoms with Crippen molar-refractivity contribution in [2.24, 2.45) is 0 Å². The van der Waals surface area contributed by atoms with Gasteiger partial charge in [-0.25, -0.2) is 0 Å². The molecule has 1 aromatic rings. The van der Waals surface area contributed by atoms with Crippen LogP contribution in [0.3, 0.4) is 0 Å². The number of aliphatic hydroxyl groups is 1. The summed E-state index contributed by atoms with van der Waals surface area (Å²) in [5, 5.41) is 20.0. The van der Waals surface area contributed by atoms with Crippen molar-refractivity contribution in [1.29, 1.82) is 0 Å². The molecule has 0 aliphatic heterocycles. The Kier molecular flexibility index (Phi) is 5.94. The molecule has 1 N–H and O–H groups in total. The van der Waals surface area contributed by atoms with Crippen LogP contribution in [0.1, 0.15) is 20.3 Å². The van der Waals surface area contributed by atoms with Gasteiger partial charge in [0, 0.05) is 5.25 Å². The van der Waals surface area contributed by atoms with Gasteiger partial charge in [0.1, 0.15) is 0 Å². The van der Waals surface area contributed by atoms with Crippen molar-refractivity contribution in [3.8, 4) is 5.75 Å². The summed E-state index contributed by atoms with van der Waals surface area (Å²) in [6.45, 7) is 4.18. The molecule has 0 spiro atoms. The number of hydrogen-bond acceptors (Lipinski definition) is 5. The number of aliphatic hydroxyl groups excluding tert-OH is 1. The predicted molar refractivity (Wildman–Crippen MR) is 71.3 cm³/mol. The van der Waals surface area contributed by atoms with E-state index in [0.29, 0.717) is 11.5 Å². The first kappa shape index (κ1) is 14.8. The lowest BCUT2D eigenvalue weighted by molar-refractivity contribution is -0.388. The third-order valence-electron chi connectivity index (χ3n) is 2.19. The fourth-order valence-corrected chi connectivity index (χ4v) is 2.31. The number of nitro benzene ring substituents is 1. The molecule has 0 heterocycles. The normalized spacial score (nSPS) is 12.2. The van der Waals surface area contributed by atoms with E-state index in [1.807, 2.05) is 13.8 Å². The second-order valence-electron chi connectivity index (χ2n) is 3.82. The van der Waals surface area contributed by atoms with Gasteiger partial charge in [-0.1, -0.05) is 19.9 Å². The van der Waals surface area contributed by atoms with Crippen molar-refractivity contribution < 1.29 is 14.8 Å². The van der Waals surface area contributed by atoms with E-state index in [1.54, 1.807) is 18.2 Å². The maximum absolute atomic E-state index is 11.1. The van der Waals surface area contributed by atoms with E-state index in [0.717, 1.165) is 6.42 Å². The van der Waals surface area contributed by atoms with Gasteiger partial charge in [0.15, 0.2) is 5.75 Å². The molecule has 0 amide bonds. The fraction of sp³-hybridized carbons (Fsp3) is 0.500. The molecule has 0 aliphatic carbocycles. The molecule has 100 valence electrons. The Morgan fingerprint density at radius 2 is 2.28 bits per heavy atom. The number of ether oxygens (including phenoxy) is 1. The quantitative estimate of drug-likeness (QED) is 0.469. The molecule has 0 aliphatic rings. The molecule has 0 saturated carbocycles. The Bertz CT molecular complexity index is 411. The van der Waals surface area contributed by atoms with Gasteiger partial charge >= 0.3 is 5.69 Å². The van der Waals surface area contributed by atoms with Crippen LogP contribution >= 0.6 is 11.8 Å². The number of nitrogens with zero attached hydrogens (tertiary/aromatic N) is 1. The molecule has 0 radical (unpaired) electrons. The lowest BCUT2D eigenvalue weighted by Gasteiger charge is -2.11. The summed E-state index contributed by atoms with van der Waals surface area (Å²) in [5.41, 5.74) is -0.0174. The van der Waals surface area contributed by atoms with E-state index in [2.05, 4.69) is 0 Å². The molecule has 0 bridgehead atoms. The monoisotopic (exact) mass is 271 g/mol. The molecule has 5 nitrogen and oxygen atoms in total. The highest BCUT2D eigenvalue weighted by molar-refractivity contribution is 8.00. The van der Waals surface area contributed by atoms with Gasteiger partial charge in [-0.3, -0.25) is 10.1 Å². The zero-order valence-corrected chi connectivity index (χ0v) is 11.3. The number of benzene rings is 1. The zero-order valence-electron chi connectivity index (χ0n) is 10.5. The van der Waals surface area contributed by atoms with Crippen LogP contribution in [0.25, 0.3) is 0 Å². The van der Waals surface area contributed by atoms with Crippen LogP contribution in [-0.4, -0.2) is 28.5 Å². The average molecular weight is 271 g/mol. The van der Waals surface area contributed by atoms with Crippen LogP contribution in [-0.2, 0) is 0 Å². The van der Waals surface area contributed by atoms with E-state index in [4.69, 9.17) is 9.84 Å². The molecule has 1 aromatic carbocycles. The Labute approximate surface area is 110 Å². The van der Waals surface area contributed by atoms with E-state index in [1.165, 1.54) is 11.8 Å². The summed E-state index contributed by atoms with van der Waals surface area (Å²) >= 11 is 1.27. The Morgan fingerprint density at radius 3 is 2.83 bits per heavy atom. The van der Waals surface area contributed by atoms with Crippen LogP contribution in [0.15, 0.2) is 23.1 Å². The highest BCUT2D eigenvalue weighted by atomic mass is 32.2. The molecule has 1 unspecified atom stereocenters. The van der Waals surface area contributed by atoms with E-state index >= 15 is 0 Å². The summed E-state index contributed by atoms with van der Waals surface area (Å²) in [6, 6.07) is 5.00. The lowest BCUT2D eigenvalue weighted by Crippen LogP contribution is -2.04. The van der Waals surface area contributed by atoms with Crippen molar-refractivity contribution in [2.45, 2.75) is 30.4 Å². The minimum atomic E-state index is -0.433. The third-order valence-corrected chi connectivity index (χ3v) is 3.33. The van der Waals surface area contributed by atoms with Gasteiger partial charge in [-0.2, -0.15) is 0 Å². The maximum Gasteiger partial charge on any atom is 0.324 e. The first-order valence-corrected chi connectivity index (χ1v) is 6.65. The molecule has 6 heteroatoms. The number of thioether (sulfide) groups is 1. The average Bonchev–Trinajstić information content (AvgIpc) is 2.35. The standard InChI is InChI=1S/C12H17NO4S/c1-3-7-17-10-5-4-6-11(12(10)13(15)16)18-9(2)8-14/h4-6,9,14H,3,7-8H2,1-2H3. The van der Waals surface area contributed by atoms with Crippen molar-refractivity contribution in [1.82, 2.24) is 0 Å². The van der Waals surface area contributed by atoms with Crippen molar-refractivity contribution in [3.05, 3.63) is 28.3 Å². The van der Waals surface area contributed by atoms with Crippen LogP contribution in [0.2, 0.25) is 0 Å². The van der Waals surface area contributed by atoms with Crippen LogP contribution in [0, 0.1) is 10.1 Å². The Morgan fingerprint density at radius 1 is 1.56 bits per heavy atom. The van der Waals surface area contributed by atoms with Gasteiger partial charge < -0.3 is 9.84 Å². The summed E-state index contributed by atoms with van der Waals surface area (Å²) in [5.74, 6) is 0.289. The summed E-state index contributed by atoms with van der Waals surface area (Å²) in [4.78, 5) is 11.2. The van der Waals surface area contributed by atoms with Gasteiger partial charge in [0.2, 0.25) is 0 Å². The lowest BCUT2D eigenvalue weighted by atomic mass is 10.3. The number of nitro groups is 1. The van der Waals surface area contributed by atoms with Gasteiger partial charge in [0.25, 0.3) is 0 Å². The van der Waals surface area contributed by atoms with Crippen molar-refractivity contribution in [2.75, 3.05) is 13.2 Å². The molecule has 1 atom stereocenters. The molecule has 0 fully saturated rings. The predicted octanol–water partition coefficient (Wildman–Crippen LogP) is 2.86. The smallest absolute Gasteiger partial charge is 0.324 e. The van der Waals surface area contributed by atoms with Gasteiger partial charge in [0.05, 0.1) is 23.0 Å². The van der Waals surface area contributed by atoms with E-state index < -0.39 is 4.92 Å². The highest BCUT2D eigenvalue weighted by Gasteiger charge is 2.22. The third kappa shape index (κ3) is 3.89. The van der Waals surface area contributed by atoms with E-state index in [-0.39, 0.29) is 23.3 Å². The molecule has 18 heavy (non-hydrogen) atoms. The Balaban J connectivity index is 3.05. The number of hydrogen-bond donors (Lipinski definition) is 1.